The SMILES string of the molecule is CCOc1ccc(-c2cc(Nc3nc(N4C[C@@H](C)O[C@@H](C)C4)ncc3F)nnc2C(C)=O)cc1. The lowest BCUT2D eigenvalue weighted by molar-refractivity contribution is -0.00572. The van der Waals surface area contributed by atoms with Gasteiger partial charge in [-0.05, 0) is 44.5 Å². The quantitative estimate of drug-likeness (QED) is 0.517. The van der Waals surface area contributed by atoms with Crippen molar-refractivity contribution in [3.8, 4) is 16.9 Å². The number of carbonyl (C=O) groups excluding carboxylic acids is 1. The number of carbonyl (C=O) groups is 1. The van der Waals surface area contributed by atoms with E-state index in [1.54, 1.807) is 6.07 Å². The Labute approximate surface area is 197 Å². The smallest absolute Gasteiger partial charge is 0.227 e. The van der Waals surface area contributed by atoms with Crippen molar-refractivity contribution in [3.63, 3.8) is 0 Å². The first-order valence-electron chi connectivity index (χ1n) is 11.2. The monoisotopic (exact) mass is 466 g/mol. The van der Waals surface area contributed by atoms with Crippen LogP contribution in [0.15, 0.2) is 36.5 Å². The number of morpholine rings is 1. The summed E-state index contributed by atoms with van der Waals surface area (Å²) in [6, 6.07) is 8.96. The molecule has 0 aliphatic carbocycles. The van der Waals surface area contributed by atoms with Crippen LogP contribution in [0, 0.1) is 5.82 Å². The van der Waals surface area contributed by atoms with Crippen molar-refractivity contribution in [2.45, 2.75) is 39.9 Å². The van der Waals surface area contributed by atoms with Crippen molar-refractivity contribution < 1.29 is 18.7 Å². The molecule has 34 heavy (non-hydrogen) atoms. The van der Waals surface area contributed by atoms with Gasteiger partial charge in [0.1, 0.15) is 11.4 Å². The molecule has 9 nitrogen and oxygen atoms in total. The topological polar surface area (TPSA) is 102 Å². The van der Waals surface area contributed by atoms with E-state index in [2.05, 4.69) is 25.5 Å². The molecule has 3 aromatic rings. The number of Topliss-reactive ketones (excluding diaryl/α,β-unsaturated/α-hetero) is 1. The second-order valence-corrected chi connectivity index (χ2v) is 8.16. The summed E-state index contributed by atoms with van der Waals surface area (Å²) >= 11 is 0. The molecule has 1 fully saturated rings. The normalized spacial score (nSPS) is 18.0. The molecule has 1 aliphatic rings. The molecule has 0 saturated carbocycles. The number of nitrogens with one attached hydrogen (secondary N) is 1. The number of hydrogen-bond donors (Lipinski definition) is 1. The number of hydrogen-bond acceptors (Lipinski definition) is 9. The third-order valence-electron chi connectivity index (χ3n) is 5.28. The highest BCUT2D eigenvalue weighted by Gasteiger charge is 2.25. The minimum absolute atomic E-state index is 0.00970. The van der Waals surface area contributed by atoms with Crippen LogP contribution in [-0.2, 0) is 4.74 Å². The Morgan fingerprint density at radius 1 is 1.21 bits per heavy atom. The molecule has 1 aromatic carbocycles. The zero-order chi connectivity index (χ0) is 24.2. The maximum atomic E-state index is 14.6. The molecule has 3 heterocycles. The van der Waals surface area contributed by atoms with Crippen LogP contribution in [0.25, 0.3) is 11.1 Å². The van der Waals surface area contributed by atoms with Gasteiger partial charge in [0, 0.05) is 25.6 Å². The molecule has 0 amide bonds. The molecule has 2 aromatic heterocycles. The Morgan fingerprint density at radius 3 is 2.56 bits per heavy atom. The lowest BCUT2D eigenvalue weighted by Crippen LogP contribution is -2.46. The Balaban J connectivity index is 1.64. The molecule has 178 valence electrons. The molecule has 10 heteroatoms. The lowest BCUT2D eigenvalue weighted by atomic mass is 10.0. The van der Waals surface area contributed by atoms with Crippen LogP contribution < -0.4 is 15.0 Å². The number of ether oxygens (including phenoxy) is 2. The zero-order valence-electron chi connectivity index (χ0n) is 19.6. The van der Waals surface area contributed by atoms with E-state index in [0.717, 1.165) is 17.5 Å². The molecular formula is C24H27FN6O3. The van der Waals surface area contributed by atoms with Gasteiger partial charge in [0.15, 0.2) is 23.2 Å². The molecule has 1 aliphatic heterocycles. The predicted molar refractivity (Wildman–Crippen MR) is 126 cm³/mol. The highest BCUT2D eigenvalue weighted by Crippen LogP contribution is 2.28. The Kier molecular flexibility index (Phi) is 6.97. The summed E-state index contributed by atoms with van der Waals surface area (Å²) in [5.41, 5.74) is 1.54. The molecule has 1 N–H and O–H groups in total. The van der Waals surface area contributed by atoms with Crippen molar-refractivity contribution in [2.75, 3.05) is 29.9 Å². The van der Waals surface area contributed by atoms with Gasteiger partial charge < -0.3 is 19.7 Å². The summed E-state index contributed by atoms with van der Waals surface area (Å²) in [6.45, 7) is 9.03. The van der Waals surface area contributed by atoms with Gasteiger partial charge in [-0.3, -0.25) is 4.79 Å². The van der Waals surface area contributed by atoms with E-state index >= 15 is 0 Å². The van der Waals surface area contributed by atoms with E-state index < -0.39 is 5.82 Å². The summed E-state index contributed by atoms with van der Waals surface area (Å²) in [5.74, 6) is 0.483. The van der Waals surface area contributed by atoms with E-state index in [1.807, 2.05) is 49.9 Å². The van der Waals surface area contributed by atoms with E-state index in [0.29, 0.717) is 31.2 Å². The number of halogens is 1. The predicted octanol–water partition coefficient (Wildman–Crippen LogP) is 4.03. The summed E-state index contributed by atoms with van der Waals surface area (Å²) in [7, 11) is 0. The average Bonchev–Trinajstić information content (AvgIpc) is 2.80. The molecule has 1 saturated heterocycles. The molecule has 2 atom stereocenters. The fourth-order valence-corrected chi connectivity index (χ4v) is 3.89. The van der Waals surface area contributed by atoms with E-state index in [9.17, 15) is 9.18 Å². The Bertz CT molecular complexity index is 1160. The van der Waals surface area contributed by atoms with Crippen molar-refractivity contribution in [3.05, 3.63) is 48.0 Å². The number of anilines is 3. The van der Waals surface area contributed by atoms with Gasteiger partial charge >= 0.3 is 0 Å². The minimum Gasteiger partial charge on any atom is -0.494 e. The number of ketones is 1. The number of nitrogens with zero attached hydrogens (tertiary/aromatic N) is 5. The molecule has 0 radical (unpaired) electrons. The van der Waals surface area contributed by atoms with E-state index in [1.165, 1.54) is 6.92 Å². The van der Waals surface area contributed by atoms with Crippen molar-refractivity contribution in [2.24, 2.45) is 0 Å². The highest BCUT2D eigenvalue weighted by atomic mass is 19.1. The molecular weight excluding hydrogens is 439 g/mol. The first-order chi connectivity index (χ1) is 16.3. The van der Waals surface area contributed by atoms with Gasteiger partial charge in [0.05, 0.1) is 25.0 Å². The molecule has 4 rings (SSSR count). The third-order valence-corrected chi connectivity index (χ3v) is 5.28. The summed E-state index contributed by atoms with van der Waals surface area (Å²) < 4.78 is 25.8. The van der Waals surface area contributed by atoms with Crippen LogP contribution in [0.5, 0.6) is 5.75 Å². The largest absolute Gasteiger partial charge is 0.494 e. The Hall–Kier alpha value is -3.66. The van der Waals surface area contributed by atoms with Crippen LogP contribution in [0.1, 0.15) is 38.2 Å². The molecule has 0 spiro atoms. The fraction of sp³-hybridized carbons (Fsp3) is 0.375. The average molecular weight is 467 g/mol. The number of benzene rings is 1. The van der Waals surface area contributed by atoms with Gasteiger partial charge in [0.25, 0.3) is 0 Å². The van der Waals surface area contributed by atoms with Crippen molar-refractivity contribution in [1.82, 2.24) is 20.2 Å². The standard InChI is InChI=1S/C24H27FN6O3/c1-5-33-18-8-6-17(7-9-18)19-10-21(29-30-22(19)16(4)32)27-23-20(25)11-26-24(28-23)31-12-14(2)34-15(3)13-31/h6-11,14-15H,5,12-13H2,1-4H3,(H,26,27,28,29)/t14-,15+. The first kappa shape index (κ1) is 23.5. The second kappa shape index (κ2) is 10.1. The van der Waals surface area contributed by atoms with Gasteiger partial charge in [-0.1, -0.05) is 12.1 Å². The number of aromatic nitrogens is 4. The second-order valence-electron chi connectivity index (χ2n) is 8.16. The van der Waals surface area contributed by atoms with Crippen LogP contribution in [0.3, 0.4) is 0 Å². The number of rotatable bonds is 7. The van der Waals surface area contributed by atoms with Crippen molar-refractivity contribution >= 4 is 23.4 Å². The van der Waals surface area contributed by atoms with Gasteiger partial charge in [0.2, 0.25) is 5.95 Å². The minimum atomic E-state index is -0.627. The summed E-state index contributed by atoms with van der Waals surface area (Å²) in [6.07, 6.45) is 1.14. The summed E-state index contributed by atoms with van der Waals surface area (Å²) in [5, 5.41) is 11.0. The van der Waals surface area contributed by atoms with Crippen LogP contribution in [-0.4, -0.2) is 57.9 Å². The first-order valence-corrected chi connectivity index (χ1v) is 11.2. The van der Waals surface area contributed by atoms with Gasteiger partial charge in [-0.25, -0.2) is 9.37 Å². The van der Waals surface area contributed by atoms with Gasteiger partial charge in [-0.2, -0.15) is 4.98 Å². The fourth-order valence-electron chi connectivity index (χ4n) is 3.89. The van der Waals surface area contributed by atoms with Crippen molar-refractivity contribution in [1.29, 1.82) is 0 Å². The molecule has 0 unspecified atom stereocenters. The maximum absolute atomic E-state index is 14.6. The van der Waals surface area contributed by atoms with E-state index in [4.69, 9.17) is 9.47 Å². The van der Waals surface area contributed by atoms with Crippen LogP contribution in [0.4, 0.5) is 22.0 Å². The van der Waals surface area contributed by atoms with E-state index in [-0.39, 0.29) is 35.3 Å². The summed E-state index contributed by atoms with van der Waals surface area (Å²) in [4.78, 5) is 22.6. The van der Waals surface area contributed by atoms with Crippen LogP contribution in [0.2, 0.25) is 0 Å². The lowest BCUT2D eigenvalue weighted by Gasteiger charge is -2.35. The Morgan fingerprint density at radius 2 is 1.91 bits per heavy atom. The third kappa shape index (κ3) is 5.28. The molecule has 0 bridgehead atoms. The highest BCUT2D eigenvalue weighted by molar-refractivity contribution is 5.99. The zero-order valence-corrected chi connectivity index (χ0v) is 19.6. The van der Waals surface area contributed by atoms with Crippen LogP contribution >= 0.6 is 0 Å². The maximum Gasteiger partial charge on any atom is 0.227 e. The van der Waals surface area contributed by atoms with Gasteiger partial charge in [-0.15, -0.1) is 10.2 Å².